The van der Waals surface area contributed by atoms with Crippen LogP contribution in [-0.2, 0) is 6.42 Å². The lowest BCUT2D eigenvalue weighted by Crippen LogP contribution is -2.15. The van der Waals surface area contributed by atoms with Crippen molar-refractivity contribution in [2.24, 2.45) is 0 Å². The van der Waals surface area contributed by atoms with E-state index in [1.807, 2.05) is 12.1 Å². The summed E-state index contributed by atoms with van der Waals surface area (Å²) in [6.45, 7) is 3.91. The highest BCUT2D eigenvalue weighted by atomic mass is 32.2. The predicted molar refractivity (Wildman–Crippen MR) is 87.1 cm³/mol. The molecule has 2 unspecified atom stereocenters. The molecule has 2 nitrogen and oxygen atoms in total. The van der Waals surface area contributed by atoms with Gasteiger partial charge in [0.25, 0.3) is 0 Å². The fourth-order valence-corrected chi connectivity index (χ4v) is 3.55. The molecule has 3 rings (SSSR count). The zero-order valence-electron chi connectivity index (χ0n) is 12.4. The Morgan fingerprint density at radius 2 is 2.14 bits per heavy atom. The Hall–Kier alpha value is -1.45. The molecule has 2 aromatic carbocycles. The molecule has 21 heavy (non-hydrogen) atoms. The molecule has 0 aromatic heterocycles. The molecule has 2 aromatic rings. The Kier molecular flexibility index (Phi) is 4.22. The molecule has 0 bridgehead atoms. The molecule has 1 heterocycles. The number of thioether (sulfide) groups is 1. The molecule has 1 aliphatic rings. The first-order valence-electron chi connectivity index (χ1n) is 7.29. The number of aliphatic hydroxyl groups is 1. The number of aliphatic hydroxyl groups excluding tert-OH is 1. The third kappa shape index (κ3) is 3.42. The predicted octanol–water partition coefficient (Wildman–Crippen LogP) is 4.14. The van der Waals surface area contributed by atoms with Crippen LogP contribution in [0.2, 0.25) is 0 Å². The third-order valence-corrected chi connectivity index (χ3v) is 4.86. The van der Waals surface area contributed by atoms with Gasteiger partial charge in [-0.2, -0.15) is 0 Å². The van der Waals surface area contributed by atoms with Crippen molar-refractivity contribution >= 4 is 11.8 Å². The molecule has 1 N–H and O–H groups in total. The first kappa shape index (κ1) is 14.5. The number of fused-ring (bicyclic) bond motifs is 1. The molecule has 0 aliphatic carbocycles. The first-order valence-corrected chi connectivity index (χ1v) is 8.27. The summed E-state index contributed by atoms with van der Waals surface area (Å²) in [5.41, 5.74) is 3.57. The molecule has 3 heteroatoms. The van der Waals surface area contributed by atoms with Crippen LogP contribution < -0.4 is 4.74 Å². The molecule has 0 radical (unpaired) electrons. The zero-order valence-corrected chi connectivity index (χ0v) is 13.2. The van der Waals surface area contributed by atoms with Crippen molar-refractivity contribution in [1.29, 1.82) is 0 Å². The summed E-state index contributed by atoms with van der Waals surface area (Å²) >= 11 is 1.79. The maximum atomic E-state index is 9.64. The average molecular weight is 300 g/mol. The molecule has 0 saturated heterocycles. The van der Waals surface area contributed by atoms with Gasteiger partial charge in [0.05, 0.1) is 6.10 Å². The fourth-order valence-electron chi connectivity index (χ4n) is 2.60. The molecule has 2 atom stereocenters. The van der Waals surface area contributed by atoms with Crippen LogP contribution in [0, 0.1) is 6.92 Å². The summed E-state index contributed by atoms with van der Waals surface area (Å²) in [7, 11) is 0. The van der Waals surface area contributed by atoms with E-state index >= 15 is 0 Å². The smallest absolute Gasteiger partial charge is 0.123 e. The highest BCUT2D eigenvalue weighted by molar-refractivity contribution is 7.99. The number of hydrogen-bond donors (Lipinski definition) is 1. The van der Waals surface area contributed by atoms with Gasteiger partial charge in [-0.05, 0) is 43.2 Å². The van der Waals surface area contributed by atoms with E-state index in [2.05, 4.69) is 37.3 Å². The highest BCUT2D eigenvalue weighted by Gasteiger charge is 2.22. The quantitative estimate of drug-likeness (QED) is 0.860. The van der Waals surface area contributed by atoms with Crippen LogP contribution in [-0.4, -0.2) is 17.0 Å². The highest BCUT2D eigenvalue weighted by Crippen LogP contribution is 2.32. The Morgan fingerprint density at radius 1 is 1.29 bits per heavy atom. The van der Waals surface area contributed by atoms with Gasteiger partial charge in [-0.1, -0.05) is 29.8 Å². The summed E-state index contributed by atoms with van der Waals surface area (Å²) in [4.78, 5) is 1.18. The van der Waals surface area contributed by atoms with Crippen molar-refractivity contribution in [2.45, 2.75) is 37.4 Å². The molecule has 1 aliphatic heterocycles. The van der Waals surface area contributed by atoms with Crippen molar-refractivity contribution in [2.75, 3.05) is 5.75 Å². The second-order valence-electron chi connectivity index (χ2n) is 5.61. The Balaban J connectivity index is 1.61. The van der Waals surface area contributed by atoms with Gasteiger partial charge in [0.15, 0.2) is 0 Å². The molecule has 0 saturated carbocycles. The molecule has 0 spiro atoms. The molecular formula is C18H20O2S. The van der Waals surface area contributed by atoms with E-state index in [0.29, 0.717) is 0 Å². The van der Waals surface area contributed by atoms with Crippen LogP contribution >= 0.6 is 11.8 Å². The van der Waals surface area contributed by atoms with E-state index in [-0.39, 0.29) is 6.10 Å². The van der Waals surface area contributed by atoms with E-state index in [0.717, 1.165) is 23.5 Å². The van der Waals surface area contributed by atoms with Crippen LogP contribution in [0.1, 0.15) is 29.7 Å². The molecule has 0 amide bonds. The van der Waals surface area contributed by atoms with Crippen molar-refractivity contribution in [3.63, 3.8) is 0 Å². The first-order chi connectivity index (χ1) is 10.1. The summed E-state index contributed by atoms with van der Waals surface area (Å²) in [6.07, 6.45) is 0.808. The third-order valence-electron chi connectivity index (χ3n) is 3.73. The topological polar surface area (TPSA) is 29.5 Å². The largest absolute Gasteiger partial charge is 0.489 e. The Labute approximate surface area is 130 Å². The van der Waals surface area contributed by atoms with Gasteiger partial charge in [0.2, 0.25) is 0 Å². The average Bonchev–Trinajstić information content (AvgIpc) is 2.87. The van der Waals surface area contributed by atoms with E-state index in [1.54, 1.807) is 18.7 Å². The van der Waals surface area contributed by atoms with Gasteiger partial charge in [-0.3, -0.25) is 0 Å². The van der Waals surface area contributed by atoms with Gasteiger partial charge < -0.3 is 9.84 Å². The lowest BCUT2D eigenvalue weighted by molar-refractivity contribution is 0.199. The second-order valence-corrected chi connectivity index (χ2v) is 6.71. The molecular weight excluding hydrogens is 280 g/mol. The van der Waals surface area contributed by atoms with E-state index in [4.69, 9.17) is 4.74 Å². The van der Waals surface area contributed by atoms with Gasteiger partial charge >= 0.3 is 0 Å². The van der Waals surface area contributed by atoms with Crippen LogP contribution in [0.4, 0.5) is 0 Å². The molecule has 110 valence electrons. The van der Waals surface area contributed by atoms with Crippen LogP contribution in [0.3, 0.4) is 0 Å². The maximum Gasteiger partial charge on any atom is 0.123 e. The van der Waals surface area contributed by atoms with Gasteiger partial charge in [0, 0.05) is 17.1 Å². The minimum Gasteiger partial charge on any atom is -0.489 e. The van der Waals surface area contributed by atoms with Crippen LogP contribution in [0.25, 0.3) is 0 Å². The van der Waals surface area contributed by atoms with Crippen molar-refractivity contribution < 1.29 is 9.84 Å². The summed E-state index contributed by atoms with van der Waals surface area (Å²) in [5.74, 6) is 1.96. The lowest BCUT2D eigenvalue weighted by Gasteiger charge is -2.11. The number of rotatable bonds is 4. The van der Waals surface area contributed by atoms with Crippen LogP contribution in [0.15, 0.2) is 47.4 Å². The summed E-state index contributed by atoms with van der Waals surface area (Å²) in [5, 5.41) is 9.64. The van der Waals surface area contributed by atoms with Crippen molar-refractivity contribution in [3.8, 4) is 5.75 Å². The monoisotopic (exact) mass is 300 g/mol. The maximum absolute atomic E-state index is 9.64. The Morgan fingerprint density at radius 3 is 2.95 bits per heavy atom. The zero-order chi connectivity index (χ0) is 14.8. The Bertz CT molecular complexity index is 637. The number of ether oxygens (including phenoxy) is 1. The van der Waals surface area contributed by atoms with Gasteiger partial charge in [0.1, 0.15) is 11.9 Å². The summed E-state index contributed by atoms with van der Waals surface area (Å²) < 4.78 is 5.99. The SMILES string of the molecule is Cc1ccc2c(c1)CC(CSc1cccc(C(C)O)c1)O2. The normalized spacial score (nSPS) is 18.1. The lowest BCUT2D eigenvalue weighted by atomic mass is 10.1. The van der Waals surface area contributed by atoms with Crippen molar-refractivity contribution in [3.05, 3.63) is 59.2 Å². The minimum atomic E-state index is -0.416. The number of benzene rings is 2. The standard InChI is InChI=1S/C18H20O2S/c1-12-6-7-18-15(8-12)9-16(20-18)11-21-17-5-3-4-14(10-17)13(2)19/h3-8,10,13,16,19H,9,11H2,1-2H3. The van der Waals surface area contributed by atoms with E-state index < -0.39 is 6.10 Å². The minimum absolute atomic E-state index is 0.238. The number of hydrogen-bond acceptors (Lipinski definition) is 3. The molecule has 0 fully saturated rings. The second kappa shape index (κ2) is 6.12. The summed E-state index contributed by atoms with van der Waals surface area (Å²) in [6, 6.07) is 14.5. The van der Waals surface area contributed by atoms with Crippen LogP contribution in [0.5, 0.6) is 5.75 Å². The van der Waals surface area contributed by atoms with Gasteiger partial charge in [-0.25, -0.2) is 0 Å². The number of aryl methyl sites for hydroxylation is 1. The van der Waals surface area contributed by atoms with Gasteiger partial charge in [-0.15, -0.1) is 11.8 Å². The van der Waals surface area contributed by atoms with E-state index in [9.17, 15) is 5.11 Å². The fraction of sp³-hybridized carbons (Fsp3) is 0.333. The van der Waals surface area contributed by atoms with Crippen molar-refractivity contribution in [1.82, 2.24) is 0 Å². The van der Waals surface area contributed by atoms with E-state index in [1.165, 1.54) is 16.0 Å².